The molecule has 0 aliphatic heterocycles. The average Bonchev–Trinajstić information content (AvgIpc) is 2.45. The molecule has 0 aliphatic carbocycles. The van der Waals surface area contributed by atoms with Gasteiger partial charge in [-0.25, -0.2) is 0 Å². The Morgan fingerprint density at radius 3 is 2.68 bits per heavy atom. The summed E-state index contributed by atoms with van der Waals surface area (Å²) in [5, 5.41) is 22.2. The maximum absolute atomic E-state index is 12.2. The fraction of sp³-hybridized carbons (Fsp3) is 0.429. The van der Waals surface area contributed by atoms with Crippen LogP contribution in [-0.4, -0.2) is 45.9 Å². The highest BCUT2D eigenvalue weighted by molar-refractivity contribution is 5.95. The standard InChI is InChI=1S/C14H19N3O5/c1-3-7-16(9-13(18)19)10(2)14(20)15-11-5-4-6-12(8-11)17(21)22/h4-6,8,10H,3,7,9H2,1-2H3,(H,15,20)(H,18,19). The topological polar surface area (TPSA) is 113 Å². The number of hydrogen-bond donors (Lipinski definition) is 2. The number of benzene rings is 1. The van der Waals surface area contributed by atoms with E-state index in [-0.39, 0.29) is 12.2 Å². The zero-order valence-electron chi connectivity index (χ0n) is 12.5. The summed E-state index contributed by atoms with van der Waals surface area (Å²) in [6.07, 6.45) is 0.710. The molecule has 22 heavy (non-hydrogen) atoms. The Kier molecular flexibility index (Phi) is 6.46. The molecule has 0 saturated heterocycles. The van der Waals surface area contributed by atoms with Gasteiger partial charge < -0.3 is 10.4 Å². The second kappa shape index (κ2) is 8.08. The van der Waals surface area contributed by atoms with E-state index in [1.807, 2.05) is 6.92 Å². The van der Waals surface area contributed by atoms with Crippen LogP contribution in [0.2, 0.25) is 0 Å². The second-order valence-corrected chi connectivity index (χ2v) is 4.84. The van der Waals surface area contributed by atoms with Crippen molar-refractivity contribution in [1.29, 1.82) is 0 Å². The molecular weight excluding hydrogens is 290 g/mol. The van der Waals surface area contributed by atoms with E-state index >= 15 is 0 Å². The lowest BCUT2D eigenvalue weighted by Gasteiger charge is -2.26. The van der Waals surface area contributed by atoms with E-state index in [0.29, 0.717) is 18.7 Å². The number of nitrogens with zero attached hydrogens (tertiary/aromatic N) is 2. The average molecular weight is 309 g/mol. The van der Waals surface area contributed by atoms with Crippen LogP contribution in [-0.2, 0) is 9.59 Å². The van der Waals surface area contributed by atoms with Crippen LogP contribution < -0.4 is 5.32 Å². The van der Waals surface area contributed by atoms with Crippen LogP contribution in [0.5, 0.6) is 0 Å². The zero-order valence-corrected chi connectivity index (χ0v) is 12.5. The van der Waals surface area contributed by atoms with Crippen LogP contribution in [0.3, 0.4) is 0 Å². The SMILES string of the molecule is CCCN(CC(=O)O)C(C)C(=O)Nc1cccc([N+](=O)[O-])c1. The fourth-order valence-electron chi connectivity index (χ4n) is 1.98. The molecule has 1 amide bonds. The lowest BCUT2D eigenvalue weighted by Crippen LogP contribution is -2.44. The van der Waals surface area contributed by atoms with Gasteiger partial charge in [0.25, 0.3) is 5.69 Å². The monoisotopic (exact) mass is 309 g/mol. The number of nitro groups is 1. The van der Waals surface area contributed by atoms with Crippen LogP contribution in [0.1, 0.15) is 20.3 Å². The molecule has 1 rings (SSSR count). The van der Waals surface area contributed by atoms with E-state index in [4.69, 9.17) is 5.11 Å². The fourth-order valence-corrected chi connectivity index (χ4v) is 1.98. The Labute approximate surface area is 127 Å². The summed E-state index contributed by atoms with van der Waals surface area (Å²) in [7, 11) is 0. The molecule has 0 radical (unpaired) electrons. The number of hydrogen-bond acceptors (Lipinski definition) is 5. The highest BCUT2D eigenvalue weighted by Gasteiger charge is 2.23. The van der Waals surface area contributed by atoms with Crippen molar-refractivity contribution in [3.8, 4) is 0 Å². The molecule has 1 unspecified atom stereocenters. The van der Waals surface area contributed by atoms with Crippen molar-refractivity contribution >= 4 is 23.3 Å². The van der Waals surface area contributed by atoms with E-state index in [9.17, 15) is 19.7 Å². The number of non-ortho nitro benzene ring substituents is 1. The summed E-state index contributed by atoms with van der Waals surface area (Å²) in [4.78, 5) is 34.7. The first-order valence-corrected chi connectivity index (χ1v) is 6.86. The van der Waals surface area contributed by atoms with Crippen molar-refractivity contribution in [2.75, 3.05) is 18.4 Å². The molecule has 0 spiro atoms. The van der Waals surface area contributed by atoms with Gasteiger partial charge in [0.1, 0.15) is 0 Å². The number of aliphatic carboxylic acids is 1. The smallest absolute Gasteiger partial charge is 0.317 e. The Hall–Kier alpha value is -2.48. The predicted octanol–water partition coefficient (Wildman–Crippen LogP) is 1.72. The third-order valence-electron chi connectivity index (χ3n) is 3.10. The molecule has 8 heteroatoms. The third-order valence-corrected chi connectivity index (χ3v) is 3.10. The van der Waals surface area contributed by atoms with Crippen LogP contribution in [0, 0.1) is 10.1 Å². The first-order valence-electron chi connectivity index (χ1n) is 6.86. The van der Waals surface area contributed by atoms with Crippen LogP contribution in [0.25, 0.3) is 0 Å². The highest BCUT2D eigenvalue weighted by atomic mass is 16.6. The van der Waals surface area contributed by atoms with E-state index in [1.165, 1.54) is 23.1 Å². The van der Waals surface area contributed by atoms with E-state index in [1.54, 1.807) is 13.0 Å². The first kappa shape index (κ1) is 17.6. The molecule has 120 valence electrons. The van der Waals surface area contributed by atoms with Crippen molar-refractivity contribution in [3.05, 3.63) is 34.4 Å². The molecule has 1 atom stereocenters. The first-order chi connectivity index (χ1) is 10.3. The highest BCUT2D eigenvalue weighted by Crippen LogP contribution is 2.17. The van der Waals surface area contributed by atoms with Crippen molar-refractivity contribution in [2.45, 2.75) is 26.3 Å². The minimum absolute atomic E-state index is 0.124. The Bertz CT molecular complexity index is 561. The van der Waals surface area contributed by atoms with Crippen LogP contribution >= 0.6 is 0 Å². The van der Waals surface area contributed by atoms with Gasteiger partial charge in [0.05, 0.1) is 17.5 Å². The lowest BCUT2D eigenvalue weighted by molar-refractivity contribution is -0.384. The number of carbonyl (C=O) groups excluding carboxylic acids is 1. The molecule has 0 bridgehead atoms. The van der Waals surface area contributed by atoms with Gasteiger partial charge in [-0.2, -0.15) is 0 Å². The van der Waals surface area contributed by atoms with E-state index in [0.717, 1.165) is 0 Å². The molecule has 0 aliphatic rings. The number of anilines is 1. The van der Waals surface area contributed by atoms with Gasteiger partial charge in [0, 0.05) is 17.8 Å². The van der Waals surface area contributed by atoms with Crippen LogP contribution in [0.4, 0.5) is 11.4 Å². The number of carboxylic acids is 1. The van der Waals surface area contributed by atoms with Crippen molar-refractivity contribution in [2.24, 2.45) is 0 Å². The summed E-state index contributed by atoms with van der Waals surface area (Å²) in [5.41, 5.74) is 0.180. The van der Waals surface area contributed by atoms with Crippen LogP contribution in [0.15, 0.2) is 24.3 Å². The molecule has 0 heterocycles. The summed E-state index contributed by atoms with van der Waals surface area (Å²) in [5.74, 6) is -1.42. The summed E-state index contributed by atoms with van der Waals surface area (Å²) < 4.78 is 0. The molecule has 1 aromatic carbocycles. The summed E-state index contributed by atoms with van der Waals surface area (Å²) in [6.45, 7) is 3.72. The van der Waals surface area contributed by atoms with Gasteiger partial charge in [-0.05, 0) is 26.0 Å². The minimum atomic E-state index is -1.01. The van der Waals surface area contributed by atoms with Gasteiger partial charge >= 0.3 is 5.97 Å². The lowest BCUT2D eigenvalue weighted by atomic mass is 10.2. The summed E-state index contributed by atoms with van der Waals surface area (Å²) >= 11 is 0. The molecule has 0 saturated carbocycles. The number of carboxylic acid groups (broad SMARTS) is 1. The maximum atomic E-state index is 12.2. The molecular formula is C14H19N3O5. The van der Waals surface area contributed by atoms with E-state index < -0.39 is 22.8 Å². The zero-order chi connectivity index (χ0) is 16.7. The van der Waals surface area contributed by atoms with Crippen molar-refractivity contribution in [3.63, 3.8) is 0 Å². The maximum Gasteiger partial charge on any atom is 0.317 e. The molecule has 0 aromatic heterocycles. The number of rotatable bonds is 8. The summed E-state index contributed by atoms with van der Waals surface area (Å²) in [6, 6.07) is 4.94. The number of carbonyl (C=O) groups is 2. The van der Waals surface area contributed by atoms with Gasteiger partial charge in [-0.1, -0.05) is 13.0 Å². The largest absolute Gasteiger partial charge is 0.480 e. The Morgan fingerprint density at radius 1 is 1.45 bits per heavy atom. The quantitative estimate of drug-likeness (QED) is 0.558. The Balaban J connectivity index is 2.79. The van der Waals surface area contributed by atoms with Crippen molar-refractivity contribution < 1.29 is 19.6 Å². The number of amides is 1. The van der Waals surface area contributed by atoms with Gasteiger partial charge in [-0.3, -0.25) is 24.6 Å². The molecule has 1 aromatic rings. The van der Waals surface area contributed by atoms with Gasteiger partial charge in [0.15, 0.2) is 0 Å². The van der Waals surface area contributed by atoms with Gasteiger partial charge in [-0.15, -0.1) is 0 Å². The van der Waals surface area contributed by atoms with E-state index in [2.05, 4.69) is 5.32 Å². The number of nitro benzene ring substituents is 1. The van der Waals surface area contributed by atoms with Gasteiger partial charge in [0.2, 0.25) is 5.91 Å². The molecule has 8 nitrogen and oxygen atoms in total. The minimum Gasteiger partial charge on any atom is -0.480 e. The predicted molar refractivity (Wildman–Crippen MR) is 80.7 cm³/mol. The third kappa shape index (κ3) is 5.13. The number of nitrogens with one attached hydrogen (secondary N) is 1. The van der Waals surface area contributed by atoms with Crippen molar-refractivity contribution in [1.82, 2.24) is 4.90 Å². The Morgan fingerprint density at radius 2 is 2.14 bits per heavy atom. The molecule has 0 fully saturated rings. The molecule has 2 N–H and O–H groups in total. The second-order valence-electron chi connectivity index (χ2n) is 4.84. The normalized spacial score (nSPS) is 12.0.